The molecular weight excluding hydrogens is 330 g/mol. The van der Waals surface area contributed by atoms with Gasteiger partial charge >= 0.3 is 5.97 Å². The molecule has 5 heteroatoms. The Balaban J connectivity index is 2.20. The van der Waals surface area contributed by atoms with Crippen molar-refractivity contribution >= 4 is 11.9 Å². The van der Waals surface area contributed by atoms with E-state index in [1.165, 1.54) is 14.2 Å². The topological polar surface area (TPSA) is 55.8 Å². The predicted octanol–water partition coefficient (Wildman–Crippen LogP) is 3.19. The molecule has 1 unspecified atom stereocenters. The van der Waals surface area contributed by atoms with E-state index in [2.05, 4.69) is 0 Å². The monoisotopic (exact) mass is 355 g/mol. The molecule has 0 saturated carbocycles. The molecule has 0 bridgehead atoms. The van der Waals surface area contributed by atoms with E-state index in [0.717, 1.165) is 5.56 Å². The van der Waals surface area contributed by atoms with Crippen LogP contribution in [-0.4, -0.2) is 44.1 Å². The largest absolute Gasteiger partial charge is 0.496 e. The third kappa shape index (κ3) is 5.09. The van der Waals surface area contributed by atoms with Crippen LogP contribution in [0.4, 0.5) is 0 Å². The molecular formula is C21H25NO4. The number of carbonyl (C=O) groups excluding carboxylic acids is 2. The third-order valence-electron chi connectivity index (χ3n) is 4.24. The Hall–Kier alpha value is -2.82. The molecule has 0 aromatic heterocycles. The average Bonchev–Trinajstić information content (AvgIpc) is 2.70. The summed E-state index contributed by atoms with van der Waals surface area (Å²) in [6.07, 6.45) is 0.704. The Bertz CT molecular complexity index is 730. The summed E-state index contributed by atoms with van der Waals surface area (Å²) in [6.45, 7) is 2.55. The zero-order valence-electron chi connectivity index (χ0n) is 15.5. The highest BCUT2D eigenvalue weighted by Gasteiger charge is 2.24. The van der Waals surface area contributed by atoms with Gasteiger partial charge in [0.2, 0.25) is 0 Å². The van der Waals surface area contributed by atoms with E-state index in [0.29, 0.717) is 24.3 Å². The van der Waals surface area contributed by atoms with Crippen LogP contribution in [0.2, 0.25) is 0 Å². The van der Waals surface area contributed by atoms with Gasteiger partial charge in [0.25, 0.3) is 5.91 Å². The molecule has 2 aromatic rings. The molecule has 0 saturated heterocycles. The molecule has 0 aliphatic carbocycles. The van der Waals surface area contributed by atoms with Gasteiger partial charge in [0.1, 0.15) is 5.75 Å². The van der Waals surface area contributed by atoms with Crippen LogP contribution in [0, 0.1) is 5.92 Å². The first-order chi connectivity index (χ1) is 12.6. The van der Waals surface area contributed by atoms with Crippen LogP contribution in [0.5, 0.6) is 5.75 Å². The van der Waals surface area contributed by atoms with Crippen LogP contribution in [0.25, 0.3) is 0 Å². The van der Waals surface area contributed by atoms with Crippen molar-refractivity contribution in [2.24, 2.45) is 5.92 Å². The normalized spacial score (nSPS) is 11.5. The first-order valence-corrected chi connectivity index (χ1v) is 8.60. The molecule has 2 aromatic carbocycles. The molecule has 0 heterocycles. The van der Waals surface area contributed by atoms with Crippen molar-refractivity contribution in [1.29, 1.82) is 0 Å². The number of hydrogen-bond donors (Lipinski definition) is 0. The van der Waals surface area contributed by atoms with Gasteiger partial charge in [-0.15, -0.1) is 0 Å². The Morgan fingerprint density at radius 3 is 2.31 bits per heavy atom. The van der Waals surface area contributed by atoms with E-state index in [1.807, 2.05) is 36.4 Å². The van der Waals surface area contributed by atoms with Crippen molar-refractivity contribution in [2.45, 2.75) is 13.3 Å². The lowest BCUT2D eigenvalue weighted by Crippen LogP contribution is -2.38. The maximum Gasteiger partial charge on any atom is 0.310 e. The number of methoxy groups -OCH3 is 2. The van der Waals surface area contributed by atoms with Gasteiger partial charge in [-0.05, 0) is 24.1 Å². The van der Waals surface area contributed by atoms with Gasteiger partial charge in [0.15, 0.2) is 0 Å². The lowest BCUT2D eigenvalue weighted by molar-refractivity contribution is -0.145. The molecule has 5 nitrogen and oxygen atoms in total. The summed E-state index contributed by atoms with van der Waals surface area (Å²) < 4.78 is 10.1. The number of carbonyl (C=O) groups is 2. The van der Waals surface area contributed by atoms with Crippen LogP contribution in [0.1, 0.15) is 22.8 Å². The van der Waals surface area contributed by atoms with E-state index in [9.17, 15) is 9.59 Å². The van der Waals surface area contributed by atoms with E-state index in [4.69, 9.17) is 9.47 Å². The van der Waals surface area contributed by atoms with Crippen LogP contribution < -0.4 is 4.74 Å². The zero-order chi connectivity index (χ0) is 18.9. The van der Waals surface area contributed by atoms with Crippen LogP contribution >= 0.6 is 0 Å². The fraction of sp³-hybridized carbons (Fsp3) is 0.333. The molecule has 1 atom stereocenters. The number of nitrogens with zero attached hydrogens (tertiary/aromatic N) is 1. The molecule has 2 rings (SSSR count). The number of ether oxygens (including phenoxy) is 2. The summed E-state index contributed by atoms with van der Waals surface area (Å²) in [6, 6.07) is 17.1. The molecule has 0 aliphatic heterocycles. The molecule has 0 aliphatic rings. The van der Waals surface area contributed by atoms with Crippen LogP contribution in [0.15, 0.2) is 54.6 Å². The molecule has 0 fully saturated rings. The van der Waals surface area contributed by atoms with Gasteiger partial charge in [0.05, 0.1) is 25.7 Å². The predicted molar refractivity (Wildman–Crippen MR) is 100 cm³/mol. The summed E-state index contributed by atoms with van der Waals surface area (Å²) >= 11 is 0. The SMILES string of the molecule is COC(=O)C(C)CN(CCc1ccccc1)C(=O)c1ccccc1OC. The van der Waals surface area contributed by atoms with Gasteiger partial charge in [-0.25, -0.2) is 0 Å². The standard InChI is InChI=1S/C21H25NO4/c1-16(21(24)26-3)15-22(14-13-17-9-5-4-6-10-17)20(23)18-11-7-8-12-19(18)25-2/h4-12,16H,13-15H2,1-3H3. The highest BCUT2D eigenvalue weighted by atomic mass is 16.5. The van der Waals surface area contributed by atoms with Gasteiger partial charge in [-0.2, -0.15) is 0 Å². The second-order valence-corrected chi connectivity index (χ2v) is 6.11. The lowest BCUT2D eigenvalue weighted by Gasteiger charge is -2.26. The van der Waals surface area contributed by atoms with E-state index >= 15 is 0 Å². The Morgan fingerprint density at radius 1 is 1.00 bits per heavy atom. The van der Waals surface area contributed by atoms with Gasteiger partial charge in [-0.1, -0.05) is 49.4 Å². The molecule has 0 radical (unpaired) electrons. The number of para-hydroxylation sites is 1. The first kappa shape index (κ1) is 19.5. The molecule has 0 N–H and O–H groups in total. The van der Waals surface area contributed by atoms with Crippen molar-refractivity contribution in [3.63, 3.8) is 0 Å². The van der Waals surface area contributed by atoms with E-state index in [1.54, 1.807) is 30.0 Å². The molecule has 1 amide bonds. The van der Waals surface area contributed by atoms with Gasteiger partial charge in [0, 0.05) is 13.1 Å². The second-order valence-electron chi connectivity index (χ2n) is 6.11. The average molecular weight is 355 g/mol. The van der Waals surface area contributed by atoms with Crippen LogP contribution in [-0.2, 0) is 16.0 Å². The summed E-state index contributed by atoms with van der Waals surface area (Å²) in [5.41, 5.74) is 1.62. The summed E-state index contributed by atoms with van der Waals surface area (Å²) in [5, 5.41) is 0. The van der Waals surface area contributed by atoms with Crippen molar-refractivity contribution in [2.75, 3.05) is 27.3 Å². The Labute approximate surface area is 154 Å². The van der Waals surface area contributed by atoms with Crippen LogP contribution in [0.3, 0.4) is 0 Å². The number of benzene rings is 2. The fourth-order valence-electron chi connectivity index (χ4n) is 2.78. The fourth-order valence-corrected chi connectivity index (χ4v) is 2.78. The van der Waals surface area contributed by atoms with Crippen molar-refractivity contribution in [1.82, 2.24) is 4.90 Å². The Morgan fingerprint density at radius 2 is 1.65 bits per heavy atom. The number of hydrogen-bond acceptors (Lipinski definition) is 4. The maximum absolute atomic E-state index is 13.1. The number of esters is 1. The highest BCUT2D eigenvalue weighted by Crippen LogP contribution is 2.20. The first-order valence-electron chi connectivity index (χ1n) is 8.60. The third-order valence-corrected chi connectivity index (χ3v) is 4.24. The zero-order valence-corrected chi connectivity index (χ0v) is 15.5. The Kier molecular flexibility index (Phi) is 7.21. The minimum Gasteiger partial charge on any atom is -0.496 e. The highest BCUT2D eigenvalue weighted by molar-refractivity contribution is 5.97. The van der Waals surface area contributed by atoms with E-state index in [-0.39, 0.29) is 18.4 Å². The quantitative estimate of drug-likeness (QED) is 0.683. The summed E-state index contributed by atoms with van der Waals surface area (Å²) in [7, 11) is 2.90. The van der Waals surface area contributed by atoms with Crippen molar-refractivity contribution in [3.05, 3.63) is 65.7 Å². The van der Waals surface area contributed by atoms with E-state index < -0.39 is 5.92 Å². The van der Waals surface area contributed by atoms with Gasteiger partial charge < -0.3 is 14.4 Å². The number of rotatable bonds is 8. The lowest BCUT2D eigenvalue weighted by atomic mass is 10.1. The molecule has 0 spiro atoms. The molecule has 26 heavy (non-hydrogen) atoms. The second kappa shape index (κ2) is 9.61. The number of amides is 1. The minimum absolute atomic E-state index is 0.158. The maximum atomic E-state index is 13.1. The smallest absolute Gasteiger partial charge is 0.310 e. The van der Waals surface area contributed by atoms with Crippen molar-refractivity contribution < 1.29 is 19.1 Å². The summed E-state index contributed by atoms with van der Waals surface area (Å²) in [5.74, 6) is -0.376. The molecule has 138 valence electrons. The van der Waals surface area contributed by atoms with Crippen molar-refractivity contribution in [3.8, 4) is 5.75 Å². The minimum atomic E-state index is -0.408. The summed E-state index contributed by atoms with van der Waals surface area (Å²) in [4.78, 5) is 26.6. The van der Waals surface area contributed by atoms with Gasteiger partial charge in [-0.3, -0.25) is 9.59 Å².